The van der Waals surface area contributed by atoms with Crippen molar-refractivity contribution in [2.75, 3.05) is 14.1 Å². The summed E-state index contributed by atoms with van der Waals surface area (Å²) in [5.41, 5.74) is 6.04. The molecule has 1 aliphatic carbocycles. The Labute approximate surface area is 91.4 Å². The topological polar surface area (TPSA) is 58.7 Å². The second-order valence-electron chi connectivity index (χ2n) is 5.11. The predicted octanol–water partition coefficient (Wildman–Crippen LogP) is 0.151. The number of aliphatic hydroxyl groups is 1. The van der Waals surface area contributed by atoms with Gasteiger partial charge in [-0.1, -0.05) is 6.42 Å². The Morgan fingerprint density at radius 2 is 2.13 bits per heavy atom. The van der Waals surface area contributed by atoms with Crippen LogP contribution >= 0.6 is 0 Å². The molecule has 1 heterocycles. The van der Waals surface area contributed by atoms with Crippen LogP contribution in [0.1, 0.15) is 25.7 Å². The van der Waals surface area contributed by atoms with Crippen molar-refractivity contribution >= 4 is 0 Å². The first kappa shape index (κ1) is 11.3. The highest BCUT2D eigenvalue weighted by molar-refractivity contribution is 4.93. The highest BCUT2D eigenvalue weighted by Gasteiger charge is 2.43. The predicted molar refractivity (Wildman–Crippen MR) is 58.3 cm³/mol. The van der Waals surface area contributed by atoms with Crippen molar-refractivity contribution in [3.63, 3.8) is 0 Å². The first-order chi connectivity index (χ1) is 7.09. The van der Waals surface area contributed by atoms with Crippen molar-refractivity contribution in [1.29, 1.82) is 0 Å². The van der Waals surface area contributed by atoms with Gasteiger partial charge in [-0.2, -0.15) is 0 Å². The molecule has 4 heteroatoms. The van der Waals surface area contributed by atoms with Crippen molar-refractivity contribution in [2.24, 2.45) is 11.7 Å². The summed E-state index contributed by atoms with van der Waals surface area (Å²) in [5, 5.41) is 9.92. The molecule has 0 aromatic carbocycles. The van der Waals surface area contributed by atoms with Crippen LogP contribution in [0.2, 0.25) is 0 Å². The summed E-state index contributed by atoms with van der Waals surface area (Å²) < 4.78 is 5.88. The summed E-state index contributed by atoms with van der Waals surface area (Å²) in [6.07, 6.45) is 4.05. The molecule has 0 radical (unpaired) electrons. The SMILES string of the molecule is CN(C)C(O)C1CC2CCCC(N)C2O1. The van der Waals surface area contributed by atoms with E-state index in [-0.39, 0.29) is 18.2 Å². The molecule has 0 spiro atoms. The van der Waals surface area contributed by atoms with Crippen LogP contribution < -0.4 is 5.73 Å². The van der Waals surface area contributed by atoms with Crippen molar-refractivity contribution in [3.8, 4) is 0 Å². The van der Waals surface area contributed by atoms with Crippen molar-refractivity contribution in [2.45, 2.75) is 50.2 Å². The molecule has 88 valence electrons. The molecule has 0 aromatic heterocycles. The van der Waals surface area contributed by atoms with Gasteiger partial charge in [0.05, 0.1) is 12.2 Å². The van der Waals surface area contributed by atoms with E-state index in [0.29, 0.717) is 5.92 Å². The third-order valence-electron chi connectivity index (χ3n) is 3.73. The van der Waals surface area contributed by atoms with Gasteiger partial charge in [-0.15, -0.1) is 0 Å². The van der Waals surface area contributed by atoms with Crippen molar-refractivity contribution in [1.82, 2.24) is 4.90 Å². The smallest absolute Gasteiger partial charge is 0.133 e. The Morgan fingerprint density at radius 3 is 2.73 bits per heavy atom. The van der Waals surface area contributed by atoms with E-state index in [9.17, 15) is 5.11 Å². The number of ether oxygens (including phenoxy) is 1. The van der Waals surface area contributed by atoms with Crippen LogP contribution in [0.4, 0.5) is 0 Å². The van der Waals surface area contributed by atoms with E-state index >= 15 is 0 Å². The molecule has 2 rings (SSSR count). The lowest BCUT2D eigenvalue weighted by molar-refractivity contribution is -0.0979. The van der Waals surface area contributed by atoms with Crippen LogP contribution in [0.3, 0.4) is 0 Å². The molecule has 4 nitrogen and oxygen atoms in total. The number of fused-ring (bicyclic) bond motifs is 1. The Hall–Kier alpha value is -0.160. The first-order valence-corrected chi connectivity index (χ1v) is 5.85. The van der Waals surface area contributed by atoms with E-state index in [1.54, 1.807) is 4.90 Å². The minimum atomic E-state index is -0.497. The van der Waals surface area contributed by atoms with Gasteiger partial charge >= 0.3 is 0 Å². The second kappa shape index (κ2) is 4.37. The molecular formula is C11H22N2O2. The minimum Gasteiger partial charge on any atom is -0.376 e. The minimum absolute atomic E-state index is 0.0563. The zero-order valence-corrected chi connectivity index (χ0v) is 9.60. The maximum atomic E-state index is 9.92. The third-order valence-corrected chi connectivity index (χ3v) is 3.73. The average molecular weight is 214 g/mol. The summed E-state index contributed by atoms with van der Waals surface area (Å²) in [4.78, 5) is 1.80. The summed E-state index contributed by atoms with van der Waals surface area (Å²) >= 11 is 0. The maximum absolute atomic E-state index is 9.92. The van der Waals surface area contributed by atoms with Gasteiger partial charge in [0.15, 0.2) is 0 Å². The molecule has 0 aromatic rings. The molecule has 2 fully saturated rings. The maximum Gasteiger partial charge on any atom is 0.133 e. The Balaban J connectivity index is 1.97. The van der Waals surface area contributed by atoms with Crippen LogP contribution in [0.15, 0.2) is 0 Å². The number of nitrogens with two attached hydrogens (primary N) is 1. The third kappa shape index (κ3) is 2.18. The Bertz CT molecular complexity index is 223. The second-order valence-corrected chi connectivity index (χ2v) is 5.11. The molecule has 3 N–H and O–H groups in total. The molecular weight excluding hydrogens is 192 g/mol. The fourth-order valence-electron chi connectivity index (χ4n) is 2.84. The molecule has 0 bridgehead atoms. The average Bonchev–Trinajstić information content (AvgIpc) is 2.61. The van der Waals surface area contributed by atoms with E-state index < -0.39 is 6.23 Å². The summed E-state index contributed by atoms with van der Waals surface area (Å²) in [7, 11) is 3.74. The lowest BCUT2D eigenvalue weighted by Crippen LogP contribution is -2.43. The molecule has 1 aliphatic heterocycles. The zero-order valence-electron chi connectivity index (χ0n) is 9.60. The Morgan fingerprint density at radius 1 is 1.40 bits per heavy atom. The summed E-state index contributed by atoms with van der Waals surface area (Å²) in [5.74, 6) is 0.563. The van der Waals surface area contributed by atoms with Gasteiger partial charge in [0.2, 0.25) is 0 Å². The quantitative estimate of drug-likeness (QED) is 0.643. The lowest BCUT2D eigenvalue weighted by atomic mass is 9.82. The molecule has 1 saturated carbocycles. The van der Waals surface area contributed by atoms with E-state index in [2.05, 4.69) is 0 Å². The number of likely N-dealkylation sites (N-methyl/N-ethyl adjacent to an activating group) is 1. The van der Waals surface area contributed by atoms with E-state index in [1.165, 1.54) is 12.8 Å². The summed E-state index contributed by atoms with van der Waals surface area (Å²) in [6.45, 7) is 0. The number of nitrogens with zero attached hydrogens (tertiary/aromatic N) is 1. The van der Waals surface area contributed by atoms with Crippen molar-refractivity contribution < 1.29 is 9.84 Å². The Kier molecular flexibility index (Phi) is 3.30. The fourth-order valence-corrected chi connectivity index (χ4v) is 2.84. The summed E-state index contributed by atoms with van der Waals surface area (Å²) in [6, 6.07) is 0.170. The highest BCUT2D eigenvalue weighted by Crippen LogP contribution is 2.38. The molecule has 0 amide bonds. The van der Waals surface area contributed by atoms with Crippen molar-refractivity contribution in [3.05, 3.63) is 0 Å². The lowest BCUT2D eigenvalue weighted by Gasteiger charge is -2.30. The van der Waals surface area contributed by atoms with Crippen LogP contribution in [-0.2, 0) is 4.74 Å². The highest BCUT2D eigenvalue weighted by atomic mass is 16.5. The fraction of sp³-hybridized carbons (Fsp3) is 1.00. The number of rotatable bonds is 2. The van der Waals surface area contributed by atoms with Crippen LogP contribution in [0, 0.1) is 5.92 Å². The van der Waals surface area contributed by atoms with Gasteiger partial charge in [0.1, 0.15) is 6.23 Å². The normalized spacial score (nSPS) is 43.0. The van der Waals surface area contributed by atoms with Crippen LogP contribution in [0.5, 0.6) is 0 Å². The van der Waals surface area contributed by atoms with Gasteiger partial charge in [-0.25, -0.2) is 0 Å². The molecule has 5 unspecified atom stereocenters. The molecule has 1 saturated heterocycles. The van der Waals surface area contributed by atoms with Gasteiger partial charge in [-0.05, 0) is 39.3 Å². The zero-order chi connectivity index (χ0) is 11.0. The van der Waals surface area contributed by atoms with Gasteiger partial charge < -0.3 is 15.6 Å². The van der Waals surface area contributed by atoms with Gasteiger partial charge in [-0.3, -0.25) is 4.90 Å². The molecule has 15 heavy (non-hydrogen) atoms. The van der Waals surface area contributed by atoms with Gasteiger partial charge in [0, 0.05) is 6.04 Å². The number of hydrogen-bond acceptors (Lipinski definition) is 4. The standard InChI is InChI=1S/C11H22N2O2/c1-13(2)11(14)9-6-7-4-3-5-8(12)10(7)15-9/h7-11,14H,3-6,12H2,1-2H3. The molecule has 2 aliphatic rings. The number of aliphatic hydroxyl groups excluding tert-OH is 1. The number of hydrogen-bond donors (Lipinski definition) is 2. The van der Waals surface area contributed by atoms with E-state index in [1.807, 2.05) is 14.1 Å². The van der Waals surface area contributed by atoms with Gasteiger partial charge in [0.25, 0.3) is 0 Å². The largest absolute Gasteiger partial charge is 0.376 e. The van der Waals surface area contributed by atoms with Crippen LogP contribution in [0.25, 0.3) is 0 Å². The van der Waals surface area contributed by atoms with E-state index in [4.69, 9.17) is 10.5 Å². The van der Waals surface area contributed by atoms with E-state index in [0.717, 1.165) is 12.8 Å². The first-order valence-electron chi connectivity index (χ1n) is 5.85. The van der Waals surface area contributed by atoms with Crippen LogP contribution in [-0.4, -0.2) is 48.6 Å². The monoisotopic (exact) mass is 214 g/mol. The molecule has 5 atom stereocenters.